The normalized spacial score (nSPS) is 12.9. The number of amides is 1. The molecule has 0 radical (unpaired) electrons. The molecule has 3 rings (SSSR count). The third-order valence-corrected chi connectivity index (χ3v) is 3.79. The summed E-state index contributed by atoms with van der Waals surface area (Å²) in [5, 5.41) is 25.5. The Hall–Kier alpha value is -3.14. The number of alkyl halides is 3. The number of aryl methyl sites for hydroxylation is 1. The molecular weight excluding hydrogens is 365 g/mol. The molecule has 0 saturated carbocycles. The molecule has 0 saturated heterocycles. The monoisotopic (exact) mass is 380 g/mol. The maximum atomic E-state index is 13.1. The highest BCUT2D eigenvalue weighted by Crippen LogP contribution is 2.29. The Morgan fingerprint density at radius 2 is 2.04 bits per heavy atom. The topological polar surface area (TPSA) is 99.8 Å². The molecule has 10 heteroatoms. The van der Waals surface area contributed by atoms with Gasteiger partial charge in [-0.05, 0) is 30.7 Å². The number of hydrogen-bond donors (Lipinski definition) is 3. The van der Waals surface area contributed by atoms with E-state index in [0.717, 1.165) is 12.1 Å². The minimum atomic E-state index is -4.66. The van der Waals surface area contributed by atoms with E-state index in [4.69, 9.17) is 0 Å². The smallest absolute Gasteiger partial charge is 0.433 e. The predicted molar refractivity (Wildman–Crippen MR) is 88.1 cm³/mol. The lowest BCUT2D eigenvalue weighted by Gasteiger charge is -2.12. The number of fused-ring (bicyclic) bond motifs is 1. The number of hydrogen-bond acceptors (Lipinski definition) is 5. The fraction of sp³-hybridized carbons (Fsp3) is 0.235. The van der Waals surface area contributed by atoms with Crippen LogP contribution in [0.15, 0.2) is 36.4 Å². The van der Waals surface area contributed by atoms with Crippen LogP contribution in [0, 0.1) is 6.92 Å². The number of phenols is 1. The molecule has 0 fully saturated rings. The number of carbonyl (C=O) groups is 1. The van der Waals surface area contributed by atoms with Crippen LogP contribution < -0.4 is 5.32 Å². The first-order valence-corrected chi connectivity index (χ1v) is 7.85. The van der Waals surface area contributed by atoms with E-state index >= 15 is 0 Å². The van der Waals surface area contributed by atoms with Gasteiger partial charge in [0.15, 0.2) is 11.3 Å². The molecule has 3 aromatic rings. The SMILES string of the molecule is Cc1cc(C(F)(F)F)n2nc(C(=O)NCC(O)c3cccc(O)c3)cc2n1. The summed E-state index contributed by atoms with van der Waals surface area (Å²) >= 11 is 0. The van der Waals surface area contributed by atoms with Crippen LogP contribution in [0.5, 0.6) is 5.75 Å². The maximum absolute atomic E-state index is 13.1. The molecule has 2 aromatic heterocycles. The van der Waals surface area contributed by atoms with Crippen LogP contribution in [-0.2, 0) is 6.18 Å². The number of nitrogens with zero attached hydrogens (tertiary/aromatic N) is 3. The maximum Gasteiger partial charge on any atom is 0.433 e. The van der Waals surface area contributed by atoms with E-state index in [1.54, 1.807) is 6.07 Å². The lowest BCUT2D eigenvalue weighted by molar-refractivity contribution is -0.142. The average Bonchev–Trinajstić information content (AvgIpc) is 3.01. The van der Waals surface area contributed by atoms with Gasteiger partial charge in [0.2, 0.25) is 0 Å². The molecule has 0 spiro atoms. The van der Waals surface area contributed by atoms with Gasteiger partial charge >= 0.3 is 6.18 Å². The number of aliphatic hydroxyl groups excluding tert-OH is 1. The Kier molecular flexibility index (Phi) is 4.75. The van der Waals surface area contributed by atoms with Crippen molar-refractivity contribution in [2.75, 3.05) is 6.54 Å². The molecule has 1 amide bonds. The second kappa shape index (κ2) is 6.88. The van der Waals surface area contributed by atoms with Crippen LogP contribution >= 0.6 is 0 Å². The first-order valence-electron chi connectivity index (χ1n) is 7.85. The molecule has 7 nitrogen and oxygen atoms in total. The summed E-state index contributed by atoms with van der Waals surface area (Å²) in [6, 6.07) is 7.84. The Labute approximate surface area is 151 Å². The molecule has 1 atom stereocenters. The summed E-state index contributed by atoms with van der Waals surface area (Å²) < 4.78 is 40.0. The Balaban J connectivity index is 1.80. The molecule has 1 unspecified atom stereocenters. The van der Waals surface area contributed by atoms with Crippen LogP contribution in [-0.4, -0.2) is 37.3 Å². The van der Waals surface area contributed by atoms with Crippen molar-refractivity contribution in [2.45, 2.75) is 19.2 Å². The van der Waals surface area contributed by atoms with Gasteiger partial charge in [-0.1, -0.05) is 12.1 Å². The summed E-state index contributed by atoms with van der Waals surface area (Å²) in [6.45, 7) is 1.20. The first kappa shape index (κ1) is 18.6. The van der Waals surface area contributed by atoms with Crippen molar-refractivity contribution in [3.63, 3.8) is 0 Å². The zero-order chi connectivity index (χ0) is 19.8. The molecule has 0 aliphatic heterocycles. The highest BCUT2D eigenvalue weighted by Gasteiger charge is 2.35. The van der Waals surface area contributed by atoms with E-state index < -0.39 is 23.9 Å². The molecule has 0 aliphatic carbocycles. The second-order valence-corrected chi connectivity index (χ2v) is 5.90. The van der Waals surface area contributed by atoms with Crippen molar-refractivity contribution in [1.82, 2.24) is 19.9 Å². The summed E-state index contributed by atoms with van der Waals surface area (Å²) in [5.74, 6) is -0.801. The molecule has 2 heterocycles. The fourth-order valence-corrected chi connectivity index (χ4v) is 2.54. The zero-order valence-corrected chi connectivity index (χ0v) is 14.0. The molecule has 142 valence electrons. The third-order valence-electron chi connectivity index (χ3n) is 3.79. The van der Waals surface area contributed by atoms with Gasteiger partial charge in [0, 0.05) is 18.3 Å². The van der Waals surface area contributed by atoms with Crippen LogP contribution in [0.25, 0.3) is 5.65 Å². The highest BCUT2D eigenvalue weighted by molar-refractivity contribution is 5.93. The molecule has 0 aliphatic rings. The minimum absolute atomic E-state index is 0.0423. The number of aliphatic hydroxyl groups is 1. The fourth-order valence-electron chi connectivity index (χ4n) is 2.54. The van der Waals surface area contributed by atoms with Crippen molar-refractivity contribution in [3.05, 3.63) is 59.0 Å². The highest BCUT2D eigenvalue weighted by atomic mass is 19.4. The van der Waals surface area contributed by atoms with E-state index in [0.29, 0.717) is 10.1 Å². The van der Waals surface area contributed by atoms with E-state index in [9.17, 15) is 28.2 Å². The Morgan fingerprint density at radius 1 is 1.30 bits per heavy atom. The van der Waals surface area contributed by atoms with Gasteiger partial charge in [0.25, 0.3) is 5.91 Å². The van der Waals surface area contributed by atoms with Crippen LogP contribution in [0.1, 0.15) is 33.5 Å². The number of aromatic nitrogens is 3. The lowest BCUT2D eigenvalue weighted by Crippen LogP contribution is -2.28. The van der Waals surface area contributed by atoms with Gasteiger partial charge in [0.1, 0.15) is 11.4 Å². The van der Waals surface area contributed by atoms with Gasteiger partial charge in [0.05, 0.1) is 6.10 Å². The predicted octanol–water partition coefficient (Wildman–Crippen LogP) is 2.23. The minimum Gasteiger partial charge on any atom is -0.508 e. The van der Waals surface area contributed by atoms with Gasteiger partial charge < -0.3 is 15.5 Å². The van der Waals surface area contributed by atoms with Crippen molar-refractivity contribution < 1.29 is 28.2 Å². The van der Waals surface area contributed by atoms with Gasteiger partial charge in [-0.15, -0.1) is 0 Å². The van der Waals surface area contributed by atoms with Gasteiger partial charge in [-0.3, -0.25) is 4.79 Å². The lowest BCUT2D eigenvalue weighted by atomic mass is 10.1. The number of phenolic OH excluding ortho intramolecular Hbond substituents is 1. The van der Waals surface area contributed by atoms with Crippen molar-refractivity contribution in [1.29, 1.82) is 0 Å². The largest absolute Gasteiger partial charge is 0.508 e. The summed E-state index contributed by atoms with van der Waals surface area (Å²) in [6.07, 6.45) is -5.76. The number of rotatable bonds is 4. The summed E-state index contributed by atoms with van der Waals surface area (Å²) in [4.78, 5) is 16.2. The van der Waals surface area contributed by atoms with Crippen molar-refractivity contribution >= 4 is 11.6 Å². The molecule has 0 bridgehead atoms. The average molecular weight is 380 g/mol. The zero-order valence-electron chi connectivity index (χ0n) is 14.0. The quantitative estimate of drug-likeness (QED) is 0.645. The standard InChI is InChI=1S/C17H15F3N4O3/c1-9-5-14(17(18,19)20)24-15(22-9)7-12(23-24)16(27)21-8-13(26)10-3-2-4-11(25)6-10/h2-7,13,25-26H,8H2,1H3,(H,21,27). The number of carbonyl (C=O) groups excluding carboxylic acids is 1. The summed E-state index contributed by atoms with van der Waals surface area (Å²) in [5.41, 5.74) is -0.894. The van der Waals surface area contributed by atoms with E-state index in [-0.39, 0.29) is 29.3 Å². The number of halogens is 3. The summed E-state index contributed by atoms with van der Waals surface area (Å²) in [7, 11) is 0. The van der Waals surface area contributed by atoms with Gasteiger partial charge in [-0.25, -0.2) is 9.50 Å². The van der Waals surface area contributed by atoms with Crippen LogP contribution in [0.3, 0.4) is 0 Å². The third kappa shape index (κ3) is 4.00. The van der Waals surface area contributed by atoms with E-state index in [1.165, 1.54) is 25.1 Å². The van der Waals surface area contributed by atoms with Crippen LogP contribution in [0.4, 0.5) is 13.2 Å². The van der Waals surface area contributed by atoms with Crippen molar-refractivity contribution in [2.24, 2.45) is 0 Å². The second-order valence-electron chi connectivity index (χ2n) is 5.90. The van der Waals surface area contributed by atoms with E-state index in [2.05, 4.69) is 15.4 Å². The van der Waals surface area contributed by atoms with Crippen LogP contribution in [0.2, 0.25) is 0 Å². The Bertz CT molecular complexity index is 1000. The molecule has 3 N–H and O–H groups in total. The molecule has 1 aromatic carbocycles. The van der Waals surface area contributed by atoms with Crippen molar-refractivity contribution in [3.8, 4) is 5.75 Å². The number of benzene rings is 1. The van der Waals surface area contributed by atoms with Gasteiger partial charge in [-0.2, -0.15) is 18.3 Å². The van der Waals surface area contributed by atoms with E-state index in [1.807, 2.05) is 0 Å². The first-order chi connectivity index (χ1) is 12.6. The molecule has 27 heavy (non-hydrogen) atoms. The number of aromatic hydroxyl groups is 1. The molecular formula is C17H15F3N4O3. The number of nitrogens with one attached hydrogen (secondary N) is 1. The Morgan fingerprint density at radius 3 is 2.70 bits per heavy atom.